The summed E-state index contributed by atoms with van der Waals surface area (Å²) >= 11 is 0. The molecule has 22 heavy (non-hydrogen) atoms. The van der Waals surface area contributed by atoms with E-state index in [-0.39, 0.29) is 0 Å². The van der Waals surface area contributed by atoms with Gasteiger partial charge in [0, 0.05) is 29.9 Å². The Bertz CT molecular complexity index is 800. The number of hydrogen-bond donors (Lipinski definition) is 1. The summed E-state index contributed by atoms with van der Waals surface area (Å²) in [4.78, 5) is 4.93. The molecule has 1 aliphatic rings. The molecule has 1 saturated heterocycles. The summed E-state index contributed by atoms with van der Waals surface area (Å²) in [6.45, 7) is 4.27. The predicted octanol–water partition coefficient (Wildman–Crippen LogP) is 3.17. The molecule has 0 saturated carbocycles. The van der Waals surface area contributed by atoms with E-state index < -0.39 is 0 Å². The lowest BCUT2D eigenvalue weighted by Gasteiger charge is -2.22. The van der Waals surface area contributed by atoms with Gasteiger partial charge in [-0.15, -0.1) is 0 Å². The molecule has 1 fully saturated rings. The van der Waals surface area contributed by atoms with Crippen molar-refractivity contribution in [3.8, 4) is 11.3 Å². The molecular weight excluding hydrogens is 272 g/mol. The van der Waals surface area contributed by atoms with Crippen molar-refractivity contribution in [2.75, 3.05) is 13.1 Å². The van der Waals surface area contributed by atoms with Gasteiger partial charge in [-0.2, -0.15) is 5.10 Å². The van der Waals surface area contributed by atoms with Crippen LogP contribution in [-0.2, 0) is 0 Å². The molecule has 0 aliphatic carbocycles. The Kier molecular flexibility index (Phi) is 3.39. The Hall–Kier alpha value is -2.20. The van der Waals surface area contributed by atoms with Crippen molar-refractivity contribution < 1.29 is 0 Å². The maximum Gasteiger partial charge on any atom is 0.0758 e. The lowest BCUT2D eigenvalue weighted by molar-refractivity contribution is 0.455. The van der Waals surface area contributed by atoms with Gasteiger partial charge in [-0.1, -0.05) is 6.07 Å². The van der Waals surface area contributed by atoms with Crippen molar-refractivity contribution in [2.45, 2.75) is 25.7 Å². The normalized spacial score (nSPS) is 18.7. The summed E-state index contributed by atoms with van der Waals surface area (Å²) < 4.78 is 1.92. The average Bonchev–Trinajstić information content (AvgIpc) is 2.99. The van der Waals surface area contributed by atoms with Gasteiger partial charge in [0.2, 0.25) is 0 Å². The van der Waals surface area contributed by atoms with Crippen LogP contribution in [0.4, 0.5) is 0 Å². The van der Waals surface area contributed by atoms with Gasteiger partial charge < -0.3 is 5.32 Å². The van der Waals surface area contributed by atoms with Crippen molar-refractivity contribution in [1.82, 2.24) is 19.9 Å². The summed E-state index contributed by atoms with van der Waals surface area (Å²) in [5.74, 6) is 0.525. The summed E-state index contributed by atoms with van der Waals surface area (Å²) in [5.41, 5.74) is 5.67. The van der Waals surface area contributed by atoms with Crippen LogP contribution in [0.5, 0.6) is 0 Å². The van der Waals surface area contributed by atoms with E-state index in [1.165, 1.54) is 24.1 Å². The number of aryl methyl sites for hydroxylation is 1. The Balaban J connectivity index is 1.76. The van der Waals surface area contributed by atoms with Crippen molar-refractivity contribution in [1.29, 1.82) is 0 Å². The number of nitrogens with zero attached hydrogens (tertiary/aromatic N) is 3. The summed E-state index contributed by atoms with van der Waals surface area (Å²) in [6.07, 6.45) is 6.37. The highest BCUT2D eigenvalue weighted by atomic mass is 15.2. The maximum absolute atomic E-state index is 4.93. The van der Waals surface area contributed by atoms with Gasteiger partial charge in [-0.3, -0.25) is 4.98 Å². The standard InChI is InChI=1S/C18H20N4/c1-13-7-9-22-18(10-13)15(12-20-22)17-6-2-5-16(21-17)14-4-3-8-19-11-14/h2,5-7,9-10,12,14,19H,3-4,8,11H2,1H3/t14-/m0/s1. The summed E-state index contributed by atoms with van der Waals surface area (Å²) in [5, 5.41) is 7.91. The SMILES string of the molecule is Cc1ccn2ncc(-c3cccc([C@H]4CCCNC4)n3)c2c1. The van der Waals surface area contributed by atoms with E-state index in [0.29, 0.717) is 5.92 Å². The molecule has 1 aliphatic heterocycles. The van der Waals surface area contributed by atoms with Gasteiger partial charge in [-0.25, -0.2) is 4.52 Å². The highest BCUT2D eigenvalue weighted by molar-refractivity contribution is 5.78. The van der Waals surface area contributed by atoms with Gasteiger partial charge in [0.25, 0.3) is 0 Å². The molecule has 4 heterocycles. The van der Waals surface area contributed by atoms with E-state index in [1.54, 1.807) is 0 Å². The maximum atomic E-state index is 4.93. The van der Waals surface area contributed by atoms with Crippen molar-refractivity contribution in [3.63, 3.8) is 0 Å². The minimum Gasteiger partial charge on any atom is -0.316 e. The lowest BCUT2D eigenvalue weighted by atomic mass is 9.95. The molecule has 112 valence electrons. The van der Waals surface area contributed by atoms with Crippen LogP contribution >= 0.6 is 0 Å². The molecule has 4 rings (SSSR count). The predicted molar refractivity (Wildman–Crippen MR) is 88.0 cm³/mol. The number of aromatic nitrogens is 3. The Morgan fingerprint density at radius 1 is 1.27 bits per heavy atom. The first-order valence-corrected chi connectivity index (χ1v) is 7.93. The second kappa shape index (κ2) is 5.54. The fourth-order valence-corrected chi connectivity index (χ4v) is 3.22. The van der Waals surface area contributed by atoms with Crippen LogP contribution in [0.1, 0.15) is 30.0 Å². The van der Waals surface area contributed by atoms with Crippen LogP contribution in [0.25, 0.3) is 16.8 Å². The molecule has 0 radical (unpaired) electrons. The Labute approximate surface area is 130 Å². The van der Waals surface area contributed by atoms with Gasteiger partial charge in [0.05, 0.1) is 17.4 Å². The van der Waals surface area contributed by atoms with Gasteiger partial charge in [0.1, 0.15) is 0 Å². The third-order valence-corrected chi connectivity index (χ3v) is 4.44. The average molecular weight is 292 g/mol. The topological polar surface area (TPSA) is 42.2 Å². The molecular formula is C18H20N4. The van der Waals surface area contributed by atoms with Crippen LogP contribution in [0, 0.1) is 6.92 Å². The zero-order valence-electron chi connectivity index (χ0n) is 12.8. The van der Waals surface area contributed by atoms with Gasteiger partial charge in [-0.05, 0) is 56.1 Å². The first-order chi connectivity index (χ1) is 10.8. The summed E-state index contributed by atoms with van der Waals surface area (Å²) in [7, 11) is 0. The Morgan fingerprint density at radius 2 is 2.23 bits per heavy atom. The minimum atomic E-state index is 0.525. The second-order valence-corrected chi connectivity index (χ2v) is 6.08. The van der Waals surface area contributed by atoms with Crippen LogP contribution < -0.4 is 5.32 Å². The molecule has 1 atom stereocenters. The van der Waals surface area contributed by atoms with Gasteiger partial charge in [0.15, 0.2) is 0 Å². The number of nitrogens with one attached hydrogen (secondary N) is 1. The fourth-order valence-electron chi connectivity index (χ4n) is 3.22. The molecule has 4 nitrogen and oxygen atoms in total. The minimum absolute atomic E-state index is 0.525. The van der Waals surface area contributed by atoms with Crippen LogP contribution in [-0.4, -0.2) is 27.7 Å². The van der Waals surface area contributed by atoms with Gasteiger partial charge >= 0.3 is 0 Å². The van der Waals surface area contributed by atoms with E-state index in [2.05, 4.69) is 47.7 Å². The summed E-state index contributed by atoms with van der Waals surface area (Å²) in [6, 6.07) is 10.6. The molecule has 0 spiro atoms. The molecule has 0 amide bonds. The van der Waals surface area contributed by atoms with E-state index in [0.717, 1.165) is 29.9 Å². The molecule has 4 heteroatoms. The Morgan fingerprint density at radius 3 is 3.09 bits per heavy atom. The van der Waals surface area contributed by atoms with E-state index in [4.69, 9.17) is 4.98 Å². The molecule has 3 aromatic heterocycles. The van der Waals surface area contributed by atoms with Crippen molar-refractivity contribution in [3.05, 3.63) is 54.0 Å². The fraction of sp³-hybridized carbons (Fsp3) is 0.333. The first-order valence-electron chi connectivity index (χ1n) is 7.93. The van der Waals surface area contributed by atoms with E-state index >= 15 is 0 Å². The highest BCUT2D eigenvalue weighted by Gasteiger charge is 2.17. The second-order valence-electron chi connectivity index (χ2n) is 6.08. The molecule has 3 aromatic rings. The number of rotatable bonds is 2. The quantitative estimate of drug-likeness (QED) is 0.789. The number of pyridine rings is 2. The number of fused-ring (bicyclic) bond motifs is 1. The number of piperidine rings is 1. The number of hydrogen-bond acceptors (Lipinski definition) is 3. The van der Waals surface area contributed by atoms with E-state index in [9.17, 15) is 0 Å². The first kappa shape index (κ1) is 13.5. The smallest absolute Gasteiger partial charge is 0.0758 e. The third-order valence-electron chi connectivity index (χ3n) is 4.44. The molecule has 0 aromatic carbocycles. The highest BCUT2D eigenvalue weighted by Crippen LogP contribution is 2.27. The van der Waals surface area contributed by atoms with Crippen LogP contribution in [0.3, 0.4) is 0 Å². The van der Waals surface area contributed by atoms with Crippen LogP contribution in [0.15, 0.2) is 42.7 Å². The molecule has 1 N–H and O–H groups in total. The van der Waals surface area contributed by atoms with Crippen LogP contribution in [0.2, 0.25) is 0 Å². The zero-order chi connectivity index (χ0) is 14.9. The largest absolute Gasteiger partial charge is 0.316 e. The van der Waals surface area contributed by atoms with Crippen molar-refractivity contribution in [2.24, 2.45) is 0 Å². The van der Waals surface area contributed by atoms with Crippen molar-refractivity contribution >= 4 is 5.52 Å². The molecule has 0 bridgehead atoms. The lowest BCUT2D eigenvalue weighted by Crippen LogP contribution is -2.28. The monoisotopic (exact) mass is 292 g/mol. The van der Waals surface area contributed by atoms with E-state index in [1.807, 2.05) is 16.9 Å². The third kappa shape index (κ3) is 2.40. The zero-order valence-corrected chi connectivity index (χ0v) is 12.8. The molecule has 0 unspecified atom stereocenters.